The number of allylic oxidation sites excluding steroid dienone is 1. The maximum Gasteiger partial charge on any atom is 0.126 e. The van der Waals surface area contributed by atoms with Gasteiger partial charge in [0.2, 0.25) is 0 Å². The van der Waals surface area contributed by atoms with Crippen LogP contribution in [-0.2, 0) is 0 Å². The van der Waals surface area contributed by atoms with Gasteiger partial charge in [0.25, 0.3) is 0 Å². The van der Waals surface area contributed by atoms with E-state index in [0.717, 1.165) is 29.7 Å². The summed E-state index contributed by atoms with van der Waals surface area (Å²) in [6.45, 7) is 3.81. The van der Waals surface area contributed by atoms with Crippen molar-refractivity contribution in [2.45, 2.75) is 45.3 Å². The zero-order valence-corrected chi connectivity index (χ0v) is 10.5. The Kier molecular flexibility index (Phi) is 3.85. The van der Waals surface area contributed by atoms with Crippen LogP contribution in [0.25, 0.3) is 0 Å². The molecule has 92 valence electrons. The van der Waals surface area contributed by atoms with Crippen molar-refractivity contribution in [1.29, 1.82) is 0 Å². The Bertz CT molecular complexity index is 407. The molecule has 2 rings (SSSR count). The average molecular weight is 232 g/mol. The van der Waals surface area contributed by atoms with Crippen LogP contribution in [0, 0.1) is 6.92 Å². The Morgan fingerprint density at radius 2 is 2.24 bits per heavy atom. The van der Waals surface area contributed by atoms with Crippen molar-refractivity contribution < 1.29 is 9.84 Å². The standard InChI is InChI=1S/C15H20O2/c1-11-8-9-14(12(2)16)15(10-11)17-13-6-4-3-5-7-13/h4,6,8-10,12-13,16H,3,5,7H2,1-2H3/t12-,13?/m0/s1. The molecule has 0 bridgehead atoms. The number of ether oxygens (including phenoxy) is 1. The van der Waals surface area contributed by atoms with Crippen LogP contribution in [0.2, 0.25) is 0 Å². The van der Waals surface area contributed by atoms with E-state index in [1.165, 1.54) is 6.42 Å². The van der Waals surface area contributed by atoms with Crippen LogP contribution >= 0.6 is 0 Å². The number of rotatable bonds is 3. The van der Waals surface area contributed by atoms with Crippen molar-refractivity contribution in [3.63, 3.8) is 0 Å². The number of aliphatic hydroxyl groups excluding tert-OH is 1. The molecule has 2 nitrogen and oxygen atoms in total. The van der Waals surface area contributed by atoms with Gasteiger partial charge >= 0.3 is 0 Å². The van der Waals surface area contributed by atoms with Gasteiger partial charge in [-0.1, -0.05) is 18.2 Å². The molecule has 17 heavy (non-hydrogen) atoms. The third kappa shape index (κ3) is 3.10. The highest BCUT2D eigenvalue weighted by molar-refractivity contribution is 5.38. The van der Waals surface area contributed by atoms with Gasteiger partial charge in [0.1, 0.15) is 11.9 Å². The molecule has 0 radical (unpaired) electrons. The molecule has 1 unspecified atom stereocenters. The summed E-state index contributed by atoms with van der Waals surface area (Å²) in [4.78, 5) is 0. The summed E-state index contributed by atoms with van der Waals surface area (Å²) in [6, 6.07) is 5.96. The summed E-state index contributed by atoms with van der Waals surface area (Å²) in [5.74, 6) is 0.816. The fourth-order valence-corrected chi connectivity index (χ4v) is 2.13. The molecule has 1 aliphatic rings. The van der Waals surface area contributed by atoms with Gasteiger partial charge in [-0.15, -0.1) is 0 Å². The Balaban J connectivity index is 2.20. The minimum absolute atomic E-state index is 0.156. The molecule has 0 aliphatic heterocycles. The first kappa shape index (κ1) is 12.2. The zero-order valence-electron chi connectivity index (χ0n) is 10.5. The SMILES string of the molecule is Cc1ccc([C@H](C)O)c(OC2C=CCCC2)c1. The second-order valence-electron chi connectivity index (χ2n) is 4.73. The Morgan fingerprint density at radius 3 is 2.88 bits per heavy atom. The van der Waals surface area contributed by atoms with Gasteiger partial charge in [-0.05, 0) is 50.8 Å². The summed E-state index contributed by atoms with van der Waals surface area (Å²) in [6.07, 6.45) is 7.35. The Labute approximate surface area is 103 Å². The lowest BCUT2D eigenvalue weighted by molar-refractivity contribution is 0.180. The zero-order chi connectivity index (χ0) is 12.3. The van der Waals surface area contributed by atoms with Crippen LogP contribution in [0.1, 0.15) is 43.4 Å². The number of aryl methyl sites for hydroxylation is 1. The Hall–Kier alpha value is -1.28. The molecule has 1 aliphatic carbocycles. The normalized spacial score (nSPS) is 21.2. The molecule has 1 aromatic rings. The second-order valence-corrected chi connectivity index (χ2v) is 4.73. The summed E-state index contributed by atoms with van der Waals surface area (Å²) in [7, 11) is 0. The van der Waals surface area contributed by atoms with Gasteiger partial charge in [-0.25, -0.2) is 0 Å². The predicted molar refractivity (Wildman–Crippen MR) is 69.2 cm³/mol. The molecule has 0 spiro atoms. The van der Waals surface area contributed by atoms with Gasteiger partial charge in [0, 0.05) is 5.56 Å². The minimum atomic E-state index is -0.488. The van der Waals surface area contributed by atoms with E-state index in [1.807, 2.05) is 25.1 Å². The molecule has 0 saturated carbocycles. The van der Waals surface area contributed by atoms with Crippen LogP contribution in [-0.4, -0.2) is 11.2 Å². The quantitative estimate of drug-likeness (QED) is 0.808. The molecule has 2 atom stereocenters. The molecule has 1 aromatic carbocycles. The van der Waals surface area contributed by atoms with E-state index in [2.05, 4.69) is 12.2 Å². The minimum Gasteiger partial charge on any atom is -0.486 e. The van der Waals surface area contributed by atoms with Crippen LogP contribution in [0.3, 0.4) is 0 Å². The van der Waals surface area contributed by atoms with Gasteiger partial charge in [0.15, 0.2) is 0 Å². The molecule has 0 saturated heterocycles. The fraction of sp³-hybridized carbons (Fsp3) is 0.467. The summed E-state index contributed by atoms with van der Waals surface area (Å²) in [5, 5.41) is 9.73. The molecular formula is C15H20O2. The van der Waals surface area contributed by atoms with E-state index in [4.69, 9.17) is 4.74 Å². The van der Waals surface area contributed by atoms with Crippen LogP contribution in [0.4, 0.5) is 0 Å². The lowest BCUT2D eigenvalue weighted by Crippen LogP contribution is -2.17. The monoisotopic (exact) mass is 232 g/mol. The molecule has 0 fully saturated rings. The lowest BCUT2D eigenvalue weighted by Gasteiger charge is -2.21. The largest absolute Gasteiger partial charge is 0.486 e. The number of hydrogen-bond donors (Lipinski definition) is 1. The van der Waals surface area contributed by atoms with E-state index in [-0.39, 0.29) is 6.10 Å². The topological polar surface area (TPSA) is 29.5 Å². The van der Waals surface area contributed by atoms with Crippen molar-refractivity contribution in [3.05, 3.63) is 41.5 Å². The Morgan fingerprint density at radius 1 is 1.41 bits per heavy atom. The van der Waals surface area contributed by atoms with E-state index >= 15 is 0 Å². The van der Waals surface area contributed by atoms with Crippen molar-refractivity contribution in [2.75, 3.05) is 0 Å². The molecule has 1 N–H and O–H groups in total. The van der Waals surface area contributed by atoms with Crippen molar-refractivity contribution >= 4 is 0 Å². The first-order valence-corrected chi connectivity index (χ1v) is 6.29. The number of hydrogen-bond acceptors (Lipinski definition) is 2. The average Bonchev–Trinajstić information content (AvgIpc) is 2.30. The summed E-state index contributed by atoms with van der Waals surface area (Å²) >= 11 is 0. The summed E-state index contributed by atoms with van der Waals surface area (Å²) < 4.78 is 5.98. The second kappa shape index (κ2) is 5.37. The number of aliphatic hydroxyl groups is 1. The maximum absolute atomic E-state index is 9.73. The van der Waals surface area contributed by atoms with Crippen LogP contribution in [0.15, 0.2) is 30.4 Å². The van der Waals surface area contributed by atoms with E-state index in [1.54, 1.807) is 6.92 Å². The van der Waals surface area contributed by atoms with Gasteiger partial charge in [-0.2, -0.15) is 0 Å². The van der Waals surface area contributed by atoms with Crippen molar-refractivity contribution in [2.24, 2.45) is 0 Å². The van der Waals surface area contributed by atoms with Crippen LogP contribution in [0.5, 0.6) is 5.75 Å². The molecular weight excluding hydrogens is 212 g/mol. The predicted octanol–water partition coefficient (Wildman–Crippen LogP) is 3.54. The third-order valence-corrected chi connectivity index (χ3v) is 3.11. The summed E-state index contributed by atoms with van der Waals surface area (Å²) in [5.41, 5.74) is 2.03. The van der Waals surface area contributed by atoms with Crippen LogP contribution < -0.4 is 4.74 Å². The third-order valence-electron chi connectivity index (χ3n) is 3.11. The first-order chi connectivity index (χ1) is 8.16. The molecule has 0 heterocycles. The van der Waals surface area contributed by atoms with E-state index in [9.17, 15) is 5.11 Å². The maximum atomic E-state index is 9.73. The first-order valence-electron chi connectivity index (χ1n) is 6.29. The highest BCUT2D eigenvalue weighted by Crippen LogP contribution is 2.28. The van der Waals surface area contributed by atoms with E-state index < -0.39 is 6.10 Å². The molecule has 0 aromatic heterocycles. The molecule has 2 heteroatoms. The van der Waals surface area contributed by atoms with Gasteiger partial charge in [0.05, 0.1) is 6.10 Å². The highest BCUT2D eigenvalue weighted by Gasteiger charge is 2.14. The van der Waals surface area contributed by atoms with Gasteiger partial charge < -0.3 is 9.84 Å². The van der Waals surface area contributed by atoms with Gasteiger partial charge in [-0.3, -0.25) is 0 Å². The van der Waals surface area contributed by atoms with Crippen molar-refractivity contribution in [1.82, 2.24) is 0 Å². The lowest BCUT2D eigenvalue weighted by atomic mass is 10.0. The number of benzene rings is 1. The van der Waals surface area contributed by atoms with E-state index in [0.29, 0.717) is 0 Å². The molecule has 0 amide bonds. The smallest absolute Gasteiger partial charge is 0.126 e. The highest BCUT2D eigenvalue weighted by atomic mass is 16.5. The fourth-order valence-electron chi connectivity index (χ4n) is 2.13. The van der Waals surface area contributed by atoms with Crippen molar-refractivity contribution in [3.8, 4) is 5.75 Å².